The van der Waals surface area contributed by atoms with E-state index in [1.165, 1.54) is 11.1 Å². The SMILES string of the molecule is CCCCn1nc(-c2ccc(C)cc2)c(O)c1-c1ccc(C)cc1. The molecule has 0 aliphatic rings. The number of unbranched alkanes of at least 4 members (excludes halogenated alkanes) is 1. The maximum absolute atomic E-state index is 10.9. The molecule has 0 aliphatic heterocycles. The summed E-state index contributed by atoms with van der Waals surface area (Å²) in [6, 6.07) is 16.4. The summed E-state index contributed by atoms with van der Waals surface area (Å²) in [6.07, 6.45) is 2.13. The minimum atomic E-state index is 0.263. The first kappa shape index (κ1) is 16.3. The van der Waals surface area contributed by atoms with Crippen molar-refractivity contribution in [1.82, 2.24) is 9.78 Å². The first-order chi connectivity index (χ1) is 11.6. The molecule has 124 valence electrons. The maximum atomic E-state index is 10.9. The number of benzene rings is 2. The van der Waals surface area contributed by atoms with Gasteiger partial charge in [-0.15, -0.1) is 0 Å². The van der Waals surface area contributed by atoms with Crippen LogP contribution >= 0.6 is 0 Å². The Morgan fingerprint density at radius 1 is 0.875 bits per heavy atom. The van der Waals surface area contributed by atoms with Gasteiger partial charge in [-0.25, -0.2) is 0 Å². The topological polar surface area (TPSA) is 38.0 Å². The van der Waals surface area contributed by atoms with Gasteiger partial charge in [0, 0.05) is 17.7 Å². The molecule has 0 radical (unpaired) electrons. The van der Waals surface area contributed by atoms with Crippen LogP contribution in [0, 0.1) is 13.8 Å². The highest BCUT2D eigenvalue weighted by atomic mass is 16.3. The molecule has 0 saturated heterocycles. The Hall–Kier alpha value is -2.55. The number of rotatable bonds is 5. The second-order valence-electron chi connectivity index (χ2n) is 6.35. The summed E-state index contributed by atoms with van der Waals surface area (Å²) >= 11 is 0. The van der Waals surface area contributed by atoms with E-state index in [0.29, 0.717) is 5.69 Å². The predicted molar refractivity (Wildman–Crippen MR) is 99.1 cm³/mol. The first-order valence-corrected chi connectivity index (χ1v) is 8.54. The van der Waals surface area contributed by atoms with Crippen molar-refractivity contribution in [2.45, 2.75) is 40.2 Å². The minimum absolute atomic E-state index is 0.263. The fourth-order valence-corrected chi connectivity index (χ4v) is 2.83. The molecule has 1 N–H and O–H groups in total. The molecule has 0 unspecified atom stereocenters. The summed E-state index contributed by atoms with van der Waals surface area (Å²) < 4.78 is 1.94. The molecule has 0 saturated carbocycles. The zero-order valence-corrected chi connectivity index (χ0v) is 14.6. The van der Waals surface area contributed by atoms with Gasteiger partial charge in [-0.05, 0) is 20.3 Å². The van der Waals surface area contributed by atoms with Gasteiger partial charge in [0.15, 0.2) is 5.75 Å². The molecule has 1 heterocycles. The van der Waals surface area contributed by atoms with Crippen molar-refractivity contribution in [3.63, 3.8) is 0 Å². The Morgan fingerprint density at radius 3 is 1.96 bits per heavy atom. The van der Waals surface area contributed by atoms with Crippen LogP contribution in [0.4, 0.5) is 0 Å². The van der Waals surface area contributed by atoms with Crippen LogP contribution in [0.3, 0.4) is 0 Å². The molecule has 0 bridgehead atoms. The quantitative estimate of drug-likeness (QED) is 0.689. The molecule has 3 rings (SSSR count). The molecular weight excluding hydrogens is 296 g/mol. The van der Waals surface area contributed by atoms with Crippen LogP contribution < -0.4 is 0 Å². The fraction of sp³-hybridized carbons (Fsp3) is 0.286. The number of hydrogen-bond acceptors (Lipinski definition) is 2. The largest absolute Gasteiger partial charge is 0.504 e. The van der Waals surface area contributed by atoms with Crippen molar-refractivity contribution in [3.05, 3.63) is 59.7 Å². The molecule has 24 heavy (non-hydrogen) atoms. The summed E-state index contributed by atoms with van der Waals surface area (Å²) in [5, 5.41) is 15.6. The van der Waals surface area contributed by atoms with E-state index in [-0.39, 0.29) is 5.75 Å². The smallest absolute Gasteiger partial charge is 0.169 e. The lowest BCUT2D eigenvalue weighted by molar-refractivity contribution is 0.477. The van der Waals surface area contributed by atoms with Gasteiger partial charge in [-0.2, -0.15) is 5.10 Å². The van der Waals surface area contributed by atoms with Crippen LogP contribution in [0.25, 0.3) is 22.5 Å². The van der Waals surface area contributed by atoms with E-state index >= 15 is 0 Å². The Bertz CT molecular complexity index is 814. The lowest BCUT2D eigenvalue weighted by Gasteiger charge is -2.07. The molecule has 2 aromatic carbocycles. The zero-order chi connectivity index (χ0) is 17.1. The third kappa shape index (κ3) is 3.21. The number of aromatic hydroxyl groups is 1. The molecule has 3 aromatic rings. The summed E-state index contributed by atoms with van der Waals surface area (Å²) in [5.41, 5.74) is 5.81. The summed E-state index contributed by atoms with van der Waals surface area (Å²) in [7, 11) is 0. The summed E-state index contributed by atoms with van der Waals surface area (Å²) in [5.74, 6) is 0.263. The molecule has 0 amide bonds. The lowest BCUT2D eigenvalue weighted by Crippen LogP contribution is -2.02. The molecule has 0 fully saturated rings. The summed E-state index contributed by atoms with van der Waals surface area (Å²) in [4.78, 5) is 0. The zero-order valence-electron chi connectivity index (χ0n) is 14.6. The van der Waals surface area contributed by atoms with E-state index in [1.54, 1.807) is 0 Å². The fourth-order valence-electron chi connectivity index (χ4n) is 2.83. The van der Waals surface area contributed by atoms with Gasteiger partial charge in [-0.1, -0.05) is 73.0 Å². The van der Waals surface area contributed by atoms with Gasteiger partial charge in [0.25, 0.3) is 0 Å². The second kappa shape index (κ2) is 6.91. The van der Waals surface area contributed by atoms with Crippen molar-refractivity contribution >= 4 is 0 Å². The van der Waals surface area contributed by atoms with E-state index in [4.69, 9.17) is 5.10 Å². The van der Waals surface area contributed by atoms with Crippen LogP contribution in [-0.2, 0) is 6.54 Å². The van der Waals surface area contributed by atoms with Crippen LogP contribution in [0.15, 0.2) is 48.5 Å². The maximum Gasteiger partial charge on any atom is 0.169 e. The normalized spacial score (nSPS) is 11.0. The molecule has 0 atom stereocenters. The Morgan fingerprint density at radius 2 is 1.42 bits per heavy atom. The number of aromatic nitrogens is 2. The van der Waals surface area contributed by atoms with Gasteiger partial charge < -0.3 is 5.11 Å². The van der Waals surface area contributed by atoms with E-state index in [1.807, 2.05) is 41.1 Å². The molecular formula is C21H24N2O. The highest BCUT2D eigenvalue weighted by Crippen LogP contribution is 2.38. The highest BCUT2D eigenvalue weighted by molar-refractivity contribution is 5.78. The van der Waals surface area contributed by atoms with Gasteiger partial charge in [0.2, 0.25) is 0 Å². The number of hydrogen-bond donors (Lipinski definition) is 1. The molecule has 3 nitrogen and oxygen atoms in total. The van der Waals surface area contributed by atoms with Crippen molar-refractivity contribution in [1.29, 1.82) is 0 Å². The Balaban J connectivity index is 2.11. The van der Waals surface area contributed by atoms with Crippen molar-refractivity contribution in [2.24, 2.45) is 0 Å². The predicted octanol–water partition coefficient (Wildman–Crippen LogP) is 5.34. The Labute approximate surface area is 143 Å². The molecule has 1 aromatic heterocycles. The van der Waals surface area contributed by atoms with E-state index in [9.17, 15) is 5.11 Å². The standard InChI is InChI=1S/C21H24N2O/c1-4-5-14-23-20(18-12-8-16(3)9-13-18)21(24)19(22-23)17-10-6-15(2)7-11-17/h6-13,24H,4-5,14H2,1-3H3. The van der Waals surface area contributed by atoms with Gasteiger partial charge in [-0.3, -0.25) is 4.68 Å². The van der Waals surface area contributed by atoms with E-state index < -0.39 is 0 Å². The third-order valence-electron chi connectivity index (χ3n) is 4.30. The average molecular weight is 320 g/mol. The van der Waals surface area contributed by atoms with Crippen LogP contribution in [0.5, 0.6) is 5.75 Å². The van der Waals surface area contributed by atoms with Crippen LogP contribution in [0.2, 0.25) is 0 Å². The first-order valence-electron chi connectivity index (χ1n) is 8.54. The van der Waals surface area contributed by atoms with Crippen molar-refractivity contribution in [2.75, 3.05) is 0 Å². The van der Waals surface area contributed by atoms with Gasteiger partial charge >= 0.3 is 0 Å². The lowest BCUT2D eigenvalue weighted by atomic mass is 10.1. The monoisotopic (exact) mass is 320 g/mol. The Kier molecular flexibility index (Phi) is 4.70. The molecule has 0 aliphatic carbocycles. The average Bonchev–Trinajstić information content (AvgIpc) is 2.91. The number of nitrogens with zero attached hydrogens (tertiary/aromatic N) is 2. The van der Waals surface area contributed by atoms with Crippen molar-refractivity contribution in [3.8, 4) is 28.3 Å². The van der Waals surface area contributed by atoms with Crippen molar-refractivity contribution < 1.29 is 5.11 Å². The van der Waals surface area contributed by atoms with E-state index in [0.717, 1.165) is 36.2 Å². The summed E-state index contributed by atoms with van der Waals surface area (Å²) in [6.45, 7) is 7.09. The van der Waals surface area contributed by atoms with Crippen LogP contribution in [0.1, 0.15) is 30.9 Å². The second-order valence-corrected chi connectivity index (χ2v) is 6.35. The minimum Gasteiger partial charge on any atom is -0.504 e. The number of aryl methyl sites for hydroxylation is 3. The molecule has 0 spiro atoms. The van der Waals surface area contributed by atoms with Crippen LogP contribution in [-0.4, -0.2) is 14.9 Å². The third-order valence-corrected chi connectivity index (χ3v) is 4.30. The highest BCUT2D eigenvalue weighted by Gasteiger charge is 2.19. The van der Waals surface area contributed by atoms with Gasteiger partial charge in [0.05, 0.1) is 0 Å². The van der Waals surface area contributed by atoms with E-state index in [2.05, 4.69) is 32.9 Å². The van der Waals surface area contributed by atoms with Gasteiger partial charge in [0.1, 0.15) is 11.4 Å². The molecule has 3 heteroatoms.